The lowest BCUT2D eigenvalue weighted by atomic mass is 10.1. The SMILES string of the molecule is C[C@@H]1CN(Cc2cc(N)ccc2Cl)C[C@H](C)O1. The topological polar surface area (TPSA) is 38.5 Å². The number of hydrogen-bond donors (Lipinski definition) is 1. The van der Waals surface area contributed by atoms with Crippen LogP contribution in [0.15, 0.2) is 18.2 Å². The van der Waals surface area contributed by atoms with Gasteiger partial charge in [0.15, 0.2) is 0 Å². The molecule has 1 aromatic rings. The molecule has 1 fully saturated rings. The lowest BCUT2D eigenvalue weighted by molar-refractivity contribution is -0.0704. The molecule has 0 radical (unpaired) electrons. The molecule has 1 heterocycles. The van der Waals surface area contributed by atoms with Crippen molar-refractivity contribution in [2.75, 3.05) is 18.8 Å². The van der Waals surface area contributed by atoms with Gasteiger partial charge in [0.25, 0.3) is 0 Å². The molecule has 94 valence electrons. The Labute approximate surface area is 107 Å². The van der Waals surface area contributed by atoms with Crippen molar-refractivity contribution in [2.45, 2.75) is 32.6 Å². The second kappa shape index (κ2) is 5.25. The van der Waals surface area contributed by atoms with Gasteiger partial charge in [0, 0.05) is 30.3 Å². The first-order valence-corrected chi connectivity index (χ1v) is 6.34. The van der Waals surface area contributed by atoms with Gasteiger partial charge in [-0.1, -0.05) is 11.6 Å². The van der Waals surface area contributed by atoms with Crippen LogP contribution in [0.3, 0.4) is 0 Å². The maximum atomic E-state index is 6.17. The molecule has 1 saturated heterocycles. The Morgan fingerprint density at radius 2 is 2.00 bits per heavy atom. The monoisotopic (exact) mass is 254 g/mol. The average molecular weight is 255 g/mol. The summed E-state index contributed by atoms with van der Waals surface area (Å²) in [7, 11) is 0. The van der Waals surface area contributed by atoms with Crippen LogP contribution >= 0.6 is 11.6 Å². The second-order valence-corrected chi connectivity index (χ2v) is 5.21. The van der Waals surface area contributed by atoms with Gasteiger partial charge in [-0.3, -0.25) is 4.90 Å². The van der Waals surface area contributed by atoms with Crippen LogP contribution < -0.4 is 5.73 Å². The Morgan fingerprint density at radius 3 is 2.65 bits per heavy atom. The normalized spacial score (nSPS) is 26.1. The van der Waals surface area contributed by atoms with E-state index in [-0.39, 0.29) is 12.2 Å². The molecule has 0 unspecified atom stereocenters. The van der Waals surface area contributed by atoms with E-state index in [9.17, 15) is 0 Å². The summed E-state index contributed by atoms with van der Waals surface area (Å²) >= 11 is 6.17. The largest absolute Gasteiger partial charge is 0.399 e. The quantitative estimate of drug-likeness (QED) is 0.825. The molecular weight excluding hydrogens is 236 g/mol. The summed E-state index contributed by atoms with van der Waals surface area (Å²) in [6, 6.07) is 5.64. The molecule has 17 heavy (non-hydrogen) atoms. The molecule has 0 aromatic heterocycles. The molecule has 0 aliphatic carbocycles. The first-order chi connectivity index (χ1) is 8.04. The van der Waals surface area contributed by atoms with Gasteiger partial charge in [0.05, 0.1) is 12.2 Å². The van der Waals surface area contributed by atoms with Crippen molar-refractivity contribution in [3.63, 3.8) is 0 Å². The summed E-state index contributed by atoms with van der Waals surface area (Å²) in [6.07, 6.45) is 0.553. The van der Waals surface area contributed by atoms with Crippen LogP contribution in [-0.4, -0.2) is 30.2 Å². The third-order valence-electron chi connectivity index (χ3n) is 2.96. The molecule has 2 N–H and O–H groups in total. The standard InChI is InChI=1S/C13H19ClN2O/c1-9-6-16(7-10(2)17-9)8-11-5-12(15)3-4-13(11)14/h3-5,9-10H,6-8,15H2,1-2H3/t9-,10+. The summed E-state index contributed by atoms with van der Waals surface area (Å²) < 4.78 is 5.71. The van der Waals surface area contributed by atoms with Crippen molar-refractivity contribution in [2.24, 2.45) is 0 Å². The lowest BCUT2D eigenvalue weighted by Gasteiger charge is -2.35. The highest BCUT2D eigenvalue weighted by Gasteiger charge is 2.22. The number of ether oxygens (including phenoxy) is 1. The lowest BCUT2D eigenvalue weighted by Crippen LogP contribution is -2.44. The Kier molecular flexibility index (Phi) is 3.92. The van der Waals surface area contributed by atoms with E-state index in [0.717, 1.165) is 35.9 Å². The zero-order valence-electron chi connectivity index (χ0n) is 10.3. The minimum Gasteiger partial charge on any atom is -0.399 e. The van der Waals surface area contributed by atoms with Crippen LogP contribution in [0.4, 0.5) is 5.69 Å². The van der Waals surface area contributed by atoms with Crippen LogP contribution in [0.1, 0.15) is 19.4 Å². The van der Waals surface area contributed by atoms with Crippen LogP contribution in [-0.2, 0) is 11.3 Å². The molecule has 3 nitrogen and oxygen atoms in total. The first-order valence-electron chi connectivity index (χ1n) is 5.96. The Hall–Kier alpha value is -0.770. The Balaban J connectivity index is 2.07. The number of nitrogens with two attached hydrogens (primary N) is 1. The number of nitrogen functional groups attached to an aromatic ring is 1. The van der Waals surface area contributed by atoms with Gasteiger partial charge >= 0.3 is 0 Å². The summed E-state index contributed by atoms with van der Waals surface area (Å²) in [5, 5.41) is 0.783. The van der Waals surface area contributed by atoms with Gasteiger partial charge in [-0.2, -0.15) is 0 Å². The Morgan fingerprint density at radius 1 is 1.35 bits per heavy atom. The van der Waals surface area contributed by atoms with Crippen LogP contribution in [0.2, 0.25) is 5.02 Å². The third kappa shape index (κ3) is 3.35. The first kappa shape index (κ1) is 12.7. The molecule has 0 amide bonds. The van der Waals surface area contributed by atoms with Crippen molar-refractivity contribution in [1.29, 1.82) is 0 Å². The number of nitrogens with zero attached hydrogens (tertiary/aromatic N) is 1. The van der Waals surface area contributed by atoms with E-state index >= 15 is 0 Å². The fourth-order valence-electron chi connectivity index (χ4n) is 2.37. The third-order valence-corrected chi connectivity index (χ3v) is 3.33. The van der Waals surface area contributed by atoms with Gasteiger partial charge in [-0.05, 0) is 37.6 Å². The van der Waals surface area contributed by atoms with E-state index < -0.39 is 0 Å². The van der Waals surface area contributed by atoms with Gasteiger partial charge in [0.2, 0.25) is 0 Å². The highest BCUT2D eigenvalue weighted by Crippen LogP contribution is 2.22. The van der Waals surface area contributed by atoms with Crippen molar-refractivity contribution >= 4 is 17.3 Å². The number of benzene rings is 1. The fraction of sp³-hybridized carbons (Fsp3) is 0.538. The van der Waals surface area contributed by atoms with Crippen molar-refractivity contribution in [3.05, 3.63) is 28.8 Å². The molecule has 0 spiro atoms. The fourth-order valence-corrected chi connectivity index (χ4v) is 2.55. The molecule has 1 aliphatic heterocycles. The number of rotatable bonds is 2. The van der Waals surface area contributed by atoms with Crippen LogP contribution in [0, 0.1) is 0 Å². The maximum absolute atomic E-state index is 6.17. The highest BCUT2D eigenvalue weighted by molar-refractivity contribution is 6.31. The molecule has 0 saturated carbocycles. The van der Waals surface area contributed by atoms with Crippen molar-refractivity contribution < 1.29 is 4.74 Å². The summed E-state index contributed by atoms with van der Waals surface area (Å²) in [5.74, 6) is 0. The predicted molar refractivity (Wildman–Crippen MR) is 71.2 cm³/mol. The Bertz CT molecular complexity index is 387. The number of halogens is 1. The van der Waals surface area contributed by atoms with Gasteiger partial charge in [-0.25, -0.2) is 0 Å². The second-order valence-electron chi connectivity index (χ2n) is 4.80. The van der Waals surface area contributed by atoms with E-state index in [1.165, 1.54) is 0 Å². The molecule has 1 aliphatic rings. The molecule has 2 rings (SSSR count). The van der Waals surface area contributed by atoms with Gasteiger partial charge < -0.3 is 10.5 Å². The number of morpholine rings is 1. The molecule has 4 heteroatoms. The summed E-state index contributed by atoms with van der Waals surface area (Å²) in [6.45, 7) is 6.92. The zero-order chi connectivity index (χ0) is 12.4. The molecular formula is C13H19ClN2O. The van der Waals surface area contributed by atoms with E-state index in [4.69, 9.17) is 22.1 Å². The molecule has 1 aromatic carbocycles. The maximum Gasteiger partial charge on any atom is 0.0678 e. The molecule has 2 atom stereocenters. The minimum absolute atomic E-state index is 0.276. The highest BCUT2D eigenvalue weighted by atomic mass is 35.5. The molecule has 0 bridgehead atoms. The smallest absolute Gasteiger partial charge is 0.0678 e. The van der Waals surface area contributed by atoms with Crippen LogP contribution in [0.5, 0.6) is 0 Å². The summed E-state index contributed by atoms with van der Waals surface area (Å²) in [5.41, 5.74) is 7.64. The average Bonchev–Trinajstić information content (AvgIpc) is 2.22. The zero-order valence-corrected chi connectivity index (χ0v) is 11.1. The van der Waals surface area contributed by atoms with Crippen molar-refractivity contribution in [1.82, 2.24) is 4.90 Å². The predicted octanol–water partition coefficient (Wildman–Crippen LogP) is 2.53. The van der Waals surface area contributed by atoms with E-state index in [1.807, 2.05) is 18.2 Å². The van der Waals surface area contributed by atoms with Crippen molar-refractivity contribution in [3.8, 4) is 0 Å². The van der Waals surface area contributed by atoms with Crippen LogP contribution in [0.25, 0.3) is 0 Å². The van der Waals surface area contributed by atoms with E-state index in [1.54, 1.807) is 0 Å². The van der Waals surface area contributed by atoms with E-state index in [2.05, 4.69) is 18.7 Å². The van der Waals surface area contributed by atoms with E-state index in [0.29, 0.717) is 0 Å². The van der Waals surface area contributed by atoms with Gasteiger partial charge in [-0.15, -0.1) is 0 Å². The summed E-state index contributed by atoms with van der Waals surface area (Å²) in [4.78, 5) is 2.36. The number of anilines is 1. The minimum atomic E-state index is 0.276. The number of hydrogen-bond acceptors (Lipinski definition) is 3. The van der Waals surface area contributed by atoms with Gasteiger partial charge in [0.1, 0.15) is 0 Å².